The Kier molecular flexibility index (Phi) is 5.63. The van der Waals surface area contributed by atoms with Gasteiger partial charge >= 0.3 is 6.09 Å². The first kappa shape index (κ1) is 16.1. The highest BCUT2D eigenvalue weighted by molar-refractivity contribution is 5.81. The van der Waals surface area contributed by atoms with Crippen LogP contribution in [0.4, 0.5) is 10.5 Å². The van der Waals surface area contributed by atoms with E-state index in [2.05, 4.69) is 0 Å². The van der Waals surface area contributed by atoms with Crippen molar-refractivity contribution in [2.45, 2.75) is 6.92 Å². The van der Waals surface area contributed by atoms with Crippen LogP contribution in [-0.4, -0.2) is 68.2 Å². The minimum Gasteiger partial charge on any atom is -0.450 e. The van der Waals surface area contributed by atoms with Crippen molar-refractivity contribution in [3.63, 3.8) is 0 Å². The molecule has 22 heavy (non-hydrogen) atoms. The first-order valence-electron chi connectivity index (χ1n) is 7.57. The number of ether oxygens (including phenoxy) is 1. The minimum absolute atomic E-state index is 0.0786. The number of carbonyl (C=O) groups excluding carboxylic acids is 2. The third-order valence-corrected chi connectivity index (χ3v) is 3.73. The molecule has 1 aliphatic rings. The standard InChI is InChI=1S/C16H23N3O3/c1-3-22-16(21)19-11-9-18(10-12-19)15(20)13-17(2)14-7-5-4-6-8-14/h4-8H,3,9-13H2,1-2H3. The fraction of sp³-hybridized carbons (Fsp3) is 0.500. The summed E-state index contributed by atoms with van der Waals surface area (Å²) in [5.41, 5.74) is 1.01. The van der Waals surface area contributed by atoms with Crippen molar-refractivity contribution in [3.05, 3.63) is 30.3 Å². The zero-order chi connectivity index (χ0) is 15.9. The van der Waals surface area contributed by atoms with Crippen LogP contribution in [0.5, 0.6) is 0 Å². The molecular weight excluding hydrogens is 282 g/mol. The van der Waals surface area contributed by atoms with E-state index in [0.717, 1.165) is 5.69 Å². The summed E-state index contributed by atoms with van der Waals surface area (Å²) in [4.78, 5) is 29.3. The van der Waals surface area contributed by atoms with E-state index < -0.39 is 0 Å². The number of nitrogens with zero attached hydrogens (tertiary/aromatic N) is 3. The molecule has 1 heterocycles. The summed E-state index contributed by atoms with van der Waals surface area (Å²) in [6.07, 6.45) is -0.295. The van der Waals surface area contributed by atoms with Crippen LogP contribution in [0.25, 0.3) is 0 Å². The Balaban J connectivity index is 1.81. The molecule has 0 N–H and O–H groups in total. The quantitative estimate of drug-likeness (QED) is 0.844. The van der Waals surface area contributed by atoms with E-state index in [1.165, 1.54) is 0 Å². The molecule has 6 nitrogen and oxygen atoms in total. The maximum Gasteiger partial charge on any atom is 0.409 e. The second-order valence-corrected chi connectivity index (χ2v) is 5.26. The van der Waals surface area contributed by atoms with Crippen LogP contribution in [-0.2, 0) is 9.53 Å². The number of para-hydroxylation sites is 1. The zero-order valence-electron chi connectivity index (χ0n) is 13.2. The minimum atomic E-state index is -0.295. The molecular formula is C16H23N3O3. The number of carbonyl (C=O) groups is 2. The van der Waals surface area contributed by atoms with E-state index in [4.69, 9.17) is 4.74 Å². The summed E-state index contributed by atoms with van der Waals surface area (Å²) < 4.78 is 4.97. The van der Waals surface area contributed by atoms with Crippen LogP contribution < -0.4 is 4.90 Å². The molecule has 2 amide bonds. The van der Waals surface area contributed by atoms with Gasteiger partial charge in [0.15, 0.2) is 0 Å². The van der Waals surface area contributed by atoms with Gasteiger partial charge in [-0.05, 0) is 19.1 Å². The maximum absolute atomic E-state index is 12.3. The Bertz CT molecular complexity index is 499. The number of anilines is 1. The largest absolute Gasteiger partial charge is 0.450 e. The van der Waals surface area contributed by atoms with Crippen molar-refractivity contribution in [2.75, 3.05) is 51.3 Å². The van der Waals surface area contributed by atoms with Gasteiger partial charge in [0.2, 0.25) is 5.91 Å². The van der Waals surface area contributed by atoms with Gasteiger partial charge in [-0.3, -0.25) is 4.79 Å². The highest BCUT2D eigenvalue weighted by Gasteiger charge is 2.25. The molecule has 1 aromatic rings. The van der Waals surface area contributed by atoms with E-state index in [9.17, 15) is 9.59 Å². The highest BCUT2D eigenvalue weighted by Crippen LogP contribution is 2.12. The lowest BCUT2D eigenvalue weighted by Gasteiger charge is -2.35. The Hall–Kier alpha value is -2.24. The van der Waals surface area contributed by atoms with Crippen LogP contribution in [0.1, 0.15) is 6.92 Å². The number of piperazine rings is 1. The maximum atomic E-state index is 12.3. The molecule has 1 fully saturated rings. The molecule has 0 radical (unpaired) electrons. The van der Waals surface area contributed by atoms with E-state index in [1.807, 2.05) is 42.3 Å². The highest BCUT2D eigenvalue weighted by atomic mass is 16.6. The molecule has 0 unspecified atom stereocenters. The lowest BCUT2D eigenvalue weighted by molar-refractivity contribution is -0.131. The van der Waals surface area contributed by atoms with Gasteiger partial charge in [0.25, 0.3) is 0 Å². The molecule has 1 aliphatic heterocycles. The van der Waals surface area contributed by atoms with Gasteiger partial charge in [0.1, 0.15) is 0 Å². The molecule has 120 valence electrons. The summed E-state index contributed by atoms with van der Waals surface area (Å²) in [6, 6.07) is 9.81. The summed E-state index contributed by atoms with van der Waals surface area (Å²) in [6.45, 7) is 4.67. The molecule has 0 spiro atoms. The van der Waals surface area contributed by atoms with Crippen LogP contribution >= 0.6 is 0 Å². The first-order chi connectivity index (χ1) is 10.6. The lowest BCUT2D eigenvalue weighted by atomic mass is 10.3. The van der Waals surface area contributed by atoms with Crippen molar-refractivity contribution >= 4 is 17.7 Å². The van der Waals surface area contributed by atoms with Crippen LogP contribution in [0.3, 0.4) is 0 Å². The number of hydrogen-bond donors (Lipinski definition) is 0. The monoisotopic (exact) mass is 305 g/mol. The second-order valence-electron chi connectivity index (χ2n) is 5.26. The van der Waals surface area contributed by atoms with Crippen molar-refractivity contribution < 1.29 is 14.3 Å². The van der Waals surface area contributed by atoms with Crippen molar-refractivity contribution in [2.24, 2.45) is 0 Å². The van der Waals surface area contributed by atoms with E-state index in [1.54, 1.807) is 16.7 Å². The number of amides is 2. The van der Waals surface area contributed by atoms with Gasteiger partial charge in [-0.15, -0.1) is 0 Å². The van der Waals surface area contributed by atoms with E-state index >= 15 is 0 Å². The fourth-order valence-electron chi connectivity index (χ4n) is 2.43. The van der Waals surface area contributed by atoms with Gasteiger partial charge in [-0.2, -0.15) is 0 Å². The van der Waals surface area contributed by atoms with Crippen LogP contribution in [0.15, 0.2) is 30.3 Å². The normalized spacial score (nSPS) is 14.6. The molecule has 0 aliphatic carbocycles. The van der Waals surface area contributed by atoms with E-state index in [0.29, 0.717) is 39.3 Å². The average Bonchev–Trinajstić information content (AvgIpc) is 2.56. The molecule has 0 atom stereocenters. The van der Waals surface area contributed by atoms with Gasteiger partial charge < -0.3 is 19.4 Å². The van der Waals surface area contributed by atoms with Gasteiger partial charge in [-0.25, -0.2) is 4.79 Å². The van der Waals surface area contributed by atoms with Crippen LogP contribution in [0, 0.1) is 0 Å². The predicted molar refractivity (Wildman–Crippen MR) is 84.9 cm³/mol. The first-order valence-corrected chi connectivity index (χ1v) is 7.57. The van der Waals surface area contributed by atoms with Crippen LogP contribution in [0.2, 0.25) is 0 Å². The van der Waals surface area contributed by atoms with Gasteiger partial charge in [0, 0.05) is 38.9 Å². The zero-order valence-corrected chi connectivity index (χ0v) is 13.2. The van der Waals surface area contributed by atoms with Crippen molar-refractivity contribution in [3.8, 4) is 0 Å². The number of benzene rings is 1. The summed E-state index contributed by atoms with van der Waals surface area (Å²) in [5, 5.41) is 0. The number of rotatable bonds is 4. The molecule has 6 heteroatoms. The summed E-state index contributed by atoms with van der Waals surface area (Å²) >= 11 is 0. The third-order valence-electron chi connectivity index (χ3n) is 3.73. The SMILES string of the molecule is CCOC(=O)N1CCN(C(=O)CN(C)c2ccccc2)CC1. The Morgan fingerprint density at radius 3 is 2.27 bits per heavy atom. The Morgan fingerprint density at radius 1 is 1.09 bits per heavy atom. The molecule has 1 aromatic carbocycles. The average molecular weight is 305 g/mol. The second kappa shape index (κ2) is 7.68. The molecule has 2 rings (SSSR count). The molecule has 0 saturated carbocycles. The molecule has 1 saturated heterocycles. The van der Waals surface area contributed by atoms with Crippen molar-refractivity contribution in [1.29, 1.82) is 0 Å². The Morgan fingerprint density at radius 2 is 1.68 bits per heavy atom. The topological polar surface area (TPSA) is 53.1 Å². The molecule has 0 bridgehead atoms. The lowest BCUT2D eigenvalue weighted by Crippen LogP contribution is -2.52. The fourth-order valence-corrected chi connectivity index (χ4v) is 2.43. The summed E-state index contributed by atoms with van der Waals surface area (Å²) in [5.74, 6) is 0.0786. The predicted octanol–water partition coefficient (Wildman–Crippen LogP) is 1.42. The Labute approximate surface area is 131 Å². The number of hydrogen-bond acceptors (Lipinski definition) is 4. The van der Waals surface area contributed by atoms with Gasteiger partial charge in [-0.1, -0.05) is 18.2 Å². The molecule has 0 aromatic heterocycles. The van der Waals surface area contributed by atoms with Crippen molar-refractivity contribution in [1.82, 2.24) is 9.80 Å². The summed E-state index contributed by atoms with van der Waals surface area (Å²) in [7, 11) is 1.90. The van der Waals surface area contributed by atoms with Gasteiger partial charge in [0.05, 0.1) is 13.2 Å². The van der Waals surface area contributed by atoms with E-state index in [-0.39, 0.29) is 12.0 Å². The third kappa shape index (κ3) is 4.13. The smallest absolute Gasteiger partial charge is 0.409 e. The number of likely N-dealkylation sites (N-methyl/N-ethyl adjacent to an activating group) is 1.